The molecule has 1 aromatic rings. The lowest BCUT2D eigenvalue weighted by molar-refractivity contribution is -0.130. The number of hydrogen-bond acceptors (Lipinski definition) is 5. The van der Waals surface area contributed by atoms with Crippen molar-refractivity contribution in [1.82, 2.24) is 21.7 Å². The molecule has 0 aliphatic carbocycles. The van der Waals surface area contributed by atoms with Crippen molar-refractivity contribution in [2.24, 2.45) is 0 Å². The van der Waals surface area contributed by atoms with Gasteiger partial charge in [-0.3, -0.25) is 25.9 Å². The van der Waals surface area contributed by atoms with Crippen LogP contribution < -0.4 is 26.4 Å². The Morgan fingerprint density at radius 1 is 1.17 bits per heavy atom. The van der Waals surface area contributed by atoms with Crippen LogP contribution in [0.25, 0.3) is 0 Å². The van der Waals surface area contributed by atoms with Crippen LogP contribution in [0.3, 0.4) is 0 Å². The van der Waals surface area contributed by atoms with E-state index < -0.39 is 5.91 Å². The van der Waals surface area contributed by atoms with Gasteiger partial charge in [-0.1, -0.05) is 19.4 Å². The molecular formula is C17H26N4O3. The summed E-state index contributed by atoms with van der Waals surface area (Å²) in [5.41, 5.74) is 13.0. The number of benzene rings is 1. The minimum Gasteiger partial charge on any atom is -0.484 e. The Morgan fingerprint density at radius 2 is 1.88 bits per heavy atom. The van der Waals surface area contributed by atoms with Crippen LogP contribution in [0, 0.1) is 13.8 Å². The molecule has 1 saturated heterocycles. The van der Waals surface area contributed by atoms with Crippen LogP contribution in [-0.4, -0.2) is 30.5 Å². The number of aryl methyl sites for hydroxylation is 2. The number of carbonyl (C=O) groups is 2. The van der Waals surface area contributed by atoms with Crippen LogP contribution in [0.2, 0.25) is 0 Å². The van der Waals surface area contributed by atoms with Gasteiger partial charge in [-0.2, -0.15) is 0 Å². The number of ether oxygens (including phenoxy) is 1. The average molecular weight is 334 g/mol. The summed E-state index contributed by atoms with van der Waals surface area (Å²) in [5.74, 6) is -0.0301. The number of amides is 2. The van der Waals surface area contributed by atoms with Crippen molar-refractivity contribution >= 4 is 11.8 Å². The van der Waals surface area contributed by atoms with Gasteiger partial charge < -0.3 is 4.74 Å². The quantitative estimate of drug-likeness (QED) is 0.579. The van der Waals surface area contributed by atoms with Crippen molar-refractivity contribution in [3.63, 3.8) is 0 Å². The van der Waals surface area contributed by atoms with E-state index in [1.54, 1.807) is 0 Å². The summed E-state index contributed by atoms with van der Waals surface area (Å²) in [5, 5.41) is 0. The molecule has 132 valence electrons. The van der Waals surface area contributed by atoms with Gasteiger partial charge >= 0.3 is 0 Å². The predicted octanol–water partition coefficient (Wildman–Crippen LogP) is 0.865. The zero-order valence-corrected chi connectivity index (χ0v) is 14.4. The minimum atomic E-state index is -0.404. The molecule has 2 rings (SSSR count). The monoisotopic (exact) mass is 334 g/mol. The lowest BCUT2D eigenvalue weighted by Gasteiger charge is -2.12. The molecule has 0 saturated carbocycles. The van der Waals surface area contributed by atoms with Crippen molar-refractivity contribution < 1.29 is 14.3 Å². The Hall–Kier alpha value is -2.12. The summed E-state index contributed by atoms with van der Waals surface area (Å²) in [4.78, 5) is 23.8. The van der Waals surface area contributed by atoms with Crippen LogP contribution in [-0.2, 0) is 9.59 Å². The van der Waals surface area contributed by atoms with Gasteiger partial charge in [0.05, 0.1) is 0 Å². The van der Waals surface area contributed by atoms with E-state index in [1.165, 1.54) is 0 Å². The summed E-state index contributed by atoms with van der Waals surface area (Å²) in [6.07, 6.45) is 2.77. The number of rotatable bonds is 6. The zero-order valence-electron chi connectivity index (χ0n) is 14.4. The second-order valence-corrected chi connectivity index (χ2v) is 6.21. The van der Waals surface area contributed by atoms with Crippen LogP contribution in [0.5, 0.6) is 5.75 Å². The smallest absolute Gasteiger partial charge is 0.276 e. The predicted molar refractivity (Wildman–Crippen MR) is 91.1 cm³/mol. The normalized spacial score (nSPS) is 19.8. The molecule has 1 heterocycles. The van der Waals surface area contributed by atoms with Gasteiger partial charge in [0.15, 0.2) is 6.61 Å². The molecule has 0 spiro atoms. The molecule has 1 aromatic carbocycles. The minimum absolute atomic E-state index is 0.155. The van der Waals surface area contributed by atoms with Gasteiger partial charge in [-0.15, -0.1) is 0 Å². The molecule has 1 aliphatic rings. The summed E-state index contributed by atoms with van der Waals surface area (Å²) in [7, 11) is 0. The highest BCUT2D eigenvalue weighted by atomic mass is 16.5. The highest BCUT2D eigenvalue weighted by Crippen LogP contribution is 2.15. The van der Waals surface area contributed by atoms with E-state index in [-0.39, 0.29) is 24.6 Å². The molecule has 0 bridgehead atoms. The maximum atomic E-state index is 12.0. The van der Waals surface area contributed by atoms with Crippen molar-refractivity contribution in [3.8, 4) is 5.75 Å². The third-order valence-corrected chi connectivity index (χ3v) is 3.83. The Kier molecular flexibility index (Phi) is 6.57. The van der Waals surface area contributed by atoms with E-state index in [1.807, 2.05) is 32.0 Å². The first-order chi connectivity index (χ1) is 11.5. The first-order valence-corrected chi connectivity index (χ1v) is 8.28. The van der Waals surface area contributed by atoms with Crippen molar-refractivity contribution in [1.29, 1.82) is 0 Å². The van der Waals surface area contributed by atoms with Crippen molar-refractivity contribution in [2.45, 2.75) is 52.1 Å². The number of nitrogens with one attached hydrogen (secondary N) is 4. The van der Waals surface area contributed by atoms with Crippen LogP contribution in [0.1, 0.15) is 37.3 Å². The number of hydrogen-bond donors (Lipinski definition) is 4. The van der Waals surface area contributed by atoms with Gasteiger partial charge in [0, 0.05) is 6.04 Å². The largest absolute Gasteiger partial charge is 0.484 e. The Morgan fingerprint density at radius 3 is 2.54 bits per heavy atom. The summed E-state index contributed by atoms with van der Waals surface area (Å²) < 4.78 is 5.44. The van der Waals surface area contributed by atoms with Gasteiger partial charge in [-0.25, -0.2) is 5.43 Å². The molecule has 4 N–H and O–H groups in total. The lowest BCUT2D eigenvalue weighted by atomic mass is 10.1. The fourth-order valence-electron chi connectivity index (χ4n) is 2.75. The van der Waals surface area contributed by atoms with Gasteiger partial charge in [-0.05, 0) is 49.9 Å². The molecule has 2 unspecified atom stereocenters. The second-order valence-electron chi connectivity index (χ2n) is 6.21. The number of hydrazine groups is 2. The highest BCUT2D eigenvalue weighted by molar-refractivity contribution is 5.85. The average Bonchev–Trinajstić information content (AvgIpc) is 2.99. The molecule has 2 amide bonds. The fraction of sp³-hybridized carbons (Fsp3) is 0.529. The molecule has 7 heteroatoms. The first-order valence-electron chi connectivity index (χ1n) is 8.28. The van der Waals surface area contributed by atoms with E-state index in [2.05, 4.69) is 28.6 Å². The molecule has 7 nitrogen and oxygen atoms in total. The summed E-state index contributed by atoms with van der Waals surface area (Å²) in [6.45, 7) is 5.88. The molecule has 2 atom stereocenters. The maximum Gasteiger partial charge on any atom is 0.276 e. The fourth-order valence-corrected chi connectivity index (χ4v) is 2.75. The first kappa shape index (κ1) is 18.2. The zero-order chi connectivity index (χ0) is 17.5. The number of carbonyl (C=O) groups excluding carboxylic acids is 2. The van der Waals surface area contributed by atoms with E-state index in [9.17, 15) is 9.59 Å². The molecule has 1 aliphatic heterocycles. The molecule has 1 fully saturated rings. The van der Waals surface area contributed by atoms with Crippen LogP contribution >= 0.6 is 0 Å². The Balaban J connectivity index is 1.70. The molecule has 24 heavy (non-hydrogen) atoms. The maximum absolute atomic E-state index is 12.0. The van der Waals surface area contributed by atoms with E-state index in [0.717, 1.165) is 24.0 Å². The molecule has 0 radical (unpaired) electrons. The Bertz CT molecular complexity index is 571. The highest BCUT2D eigenvalue weighted by Gasteiger charge is 2.28. The van der Waals surface area contributed by atoms with Gasteiger partial charge in [0.2, 0.25) is 0 Å². The van der Waals surface area contributed by atoms with Gasteiger partial charge in [0.1, 0.15) is 11.8 Å². The van der Waals surface area contributed by atoms with Crippen molar-refractivity contribution in [3.05, 3.63) is 29.3 Å². The Labute approximate surface area is 142 Å². The summed E-state index contributed by atoms with van der Waals surface area (Å²) in [6, 6.07) is 5.69. The third-order valence-electron chi connectivity index (χ3n) is 3.83. The van der Waals surface area contributed by atoms with Gasteiger partial charge in [0.25, 0.3) is 11.8 Å². The molecule has 0 aromatic heterocycles. The summed E-state index contributed by atoms with van der Waals surface area (Å²) >= 11 is 0. The van der Waals surface area contributed by atoms with E-state index in [4.69, 9.17) is 4.74 Å². The topological polar surface area (TPSA) is 91.5 Å². The standard InChI is InChI=1S/C17H26N4O3/c1-4-5-13-9-15(19-18-13)17(23)21-20-16(22)10-24-14-7-11(2)6-12(3)8-14/h6-8,13,15,18-19H,4-5,9-10H2,1-3H3,(H,20,22)(H,21,23). The van der Waals surface area contributed by atoms with Crippen molar-refractivity contribution in [2.75, 3.05) is 6.61 Å². The van der Waals surface area contributed by atoms with Crippen LogP contribution in [0.15, 0.2) is 18.2 Å². The van der Waals surface area contributed by atoms with E-state index >= 15 is 0 Å². The lowest BCUT2D eigenvalue weighted by Crippen LogP contribution is -2.51. The van der Waals surface area contributed by atoms with Crippen LogP contribution in [0.4, 0.5) is 0 Å². The third kappa shape index (κ3) is 5.50. The molecular weight excluding hydrogens is 308 g/mol. The van der Waals surface area contributed by atoms with E-state index in [0.29, 0.717) is 12.2 Å². The SMILES string of the molecule is CCCC1CC(C(=O)NNC(=O)COc2cc(C)cc(C)c2)NN1. The second kappa shape index (κ2) is 8.65.